The molecule has 1 aromatic heterocycles. The van der Waals surface area contributed by atoms with Gasteiger partial charge in [-0.25, -0.2) is 9.78 Å². The largest absolute Gasteiger partial charge is 0.331 e. The number of nitrogens with zero attached hydrogens (tertiary/aromatic N) is 4. The van der Waals surface area contributed by atoms with Crippen LogP contribution in [0.25, 0.3) is 5.69 Å². The summed E-state index contributed by atoms with van der Waals surface area (Å²) in [5, 5.41) is 3.18. The number of piperazine rings is 1. The van der Waals surface area contributed by atoms with Gasteiger partial charge >= 0.3 is 6.03 Å². The Morgan fingerprint density at radius 2 is 1.86 bits per heavy atom. The van der Waals surface area contributed by atoms with Crippen LogP contribution >= 0.6 is 0 Å². The third-order valence-corrected chi connectivity index (χ3v) is 5.56. The first-order valence-electron chi connectivity index (χ1n) is 10.0. The molecular weight excluding hydrogens is 362 g/mol. The minimum Gasteiger partial charge on any atom is -0.331 e. The third-order valence-electron chi connectivity index (χ3n) is 5.56. The molecular formula is C23H27N5O. The lowest BCUT2D eigenvalue weighted by molar-refractivity contribution is 0.107. The van der Waals surface area contributed by atoms with Gasteiger partial charge in [0.15, 0.2) is 0 Å². The first kappa shape index (κ1) is 19.2. The van der Waals surface area contributed by atoms with Crippen molar-refractivity contribution in [3.63, 3.8) is 0 Å². The van der Waals surface area contributed by atoms with Crippen LogP contribution in [0.2, 0.25) is 0 Å². The van der Waals surface area contributed by atoms with Crippen molar-refractivity contribution in [1.29, 1.82) is 0 Å². The number of hydrogen-bond donors (Lipinski definition) is 1. The van der Waals surface area contributed by atoms with E-state index >= 15 is 0 Å². The number of amides is 2. The predicted molar refractivity (Wildman–Crippen MR) is 114 cm³/mol. The highest BCUT2D eigenvalue weighted by molar-refractivity contribution is 5.75. The smallest absolute Gasteiger partial charge is 0.318 e. The van der Waals surface area contributed by atoms with Gasteiger partial charge in [-0.2, -0.15) is 0 Å². The number of carbonyl (C=O) groups is 1. The van der Waals surface area contributed by atoms with Gasteiger partial charge in [0.1, 0.15) is 0 Å². The topological polar surface area (TPSA) is 53.4 Å². The molecule has 1 aliphatic rings. The zero-order valence-corrected chi connectivity index (χ0v) is 16.9. The molecule has 3 aromatic rings. The number of aromatic nitrogens is 2. The van der Waals surface area contributed by atoms with Crippen LogP contribution in [0.5, 0.6) is 0 Å². The van der Waals surface area contributed by atoms with Crippen LogP contribution in [0.3, 0.4) is 0 Å². The normalized spacial score (nSPS) is 18.4. The Morgan fingerprint density at radius 1 is 1.10 bits per heavy atom. The summed E-state index contributed by atoms with van der Waals surface area (Å²) in [6.07, 6.45) is 5.45. The maximum Gasteiger partial charge on any atom is 0.318 e. The van der Waals surface area contributed by atoms with Crippen LogP contribution < -0.4 is 5.32 Å². The van der Waals surface area contributed by atoms with E-state index < -0.39 is 0 Å². The van der Waals surface area contributed by atoms with E-state index in [4.69, 9.17) is 0 Å². The number of likely N-dealkylation sites (N-methyl/N-ethyl adjacent to an activating group) is 1. The second-order valence-corrected chi connectivity index (χ2v) is 7.61. The number of imidazole rings is 1. The van der Waals surface area contributed by atoms with Crippen LogP contribution in [-0.4, -0.2) is 52.1 Å². The Kier molecular flexibility index (Phi) is 5.62. The number of urea groups is 1. The standard InChI is InChI=1S/C23H27N5O/c1-18(19-8-10-21(11-9-19)27-13-12-24-17-27)25-23(29)28-15-14-26(2)16-22(28)20-6-4-3-5-7-20/h3-13,17-18,22H,14-16H2,1-2H3,(H,25,29). The molecule has 150 valence electrons. The van der Waals surface area contributed by atoms with Crippen molar-refractivity contribution in [3.05, 3.63) is 84.4 Å². The Morgan fingerprint density at radius 3 is 2.55 bits per heavy atom. The van der Waals surface area contributed by atoms with Crippen molar-refractivity contribution in [2.45, 2.75) is 19.0 Å². The van der Waals surface area contributed by atoms with Crippen molar-refractivity contribution in [1.82, 2.24) is 24.7 Å². The zero-order chi connectivity index (χ0) is 20.2. The molecule has 6 nitrogen and oxygen atoms in total. The molecule has 1 fully saturated rings. The van der Waals surface area contributed by atoms with E-state index in [0.29, 0.717) is 6.54 Å². The Labute approximate surface area is 171 Å². The summed E-state index contributed by atoms with van der Waals surface area (Å²) in [6, 6.07) is 18.4. The quantitative estimate of drug-likeness (QED) is 0.741. The fourth-order valence-electron chi connectivity index (χ4n) is 3.82. The fourth-order valence-corrected chi connectivity index (χ4v) is 3.82. The molecule has 0 aliphatic carbocycles. The molecule has 2 atom stereocenters. The average molecular weight is 390 g/mol. The van der Waals surface area contributed by atoms with Gasteiger partial charge in [-0.05, 0) is 37.2 Å². The lowest BCUT2D eigenvalue weighted by Gasteiger charge is -2.40. The number of carbonyl (C=O) groups excluding carboxylic acids is 1. The van der Waals surface area contributed by atoms with Crippen LogP contribution in [0.1, 0.15) is 30.1 Å². The molecule has 2 heterocycles. The molecule has 0 radical (unpaired) electrons. The lowest BCUT2D eigenvalue weighted by atomic mass is 10.0. The first-order chi connectivity index (χ1) is 14.1. The first-order valence-corrected chi connectivity index (χ1v) is 10.0. The molecule has 0 saturated carbocycles. The van der Waals surface area contributed by atoms with Gasteiger partial charge in [-0.15, -0.1) is 0 Å². The van der Waals surface area contributed by atoms with Gasteiger partial charge in [-0.1, -0.05) is 42.5 Å². The minimum absolute atomic E-state index is 0.0156. The maximum absolute atomic E-state index is 13.1. The number of benzene rings is 2. The van der Waals surface area contributed by atoms with E-state index in [1.807, 2.05) is 52.9 Å². The highest BCUT2D eigenvalue weighted by atomic mass is 16.2. The molecule has 0 bridgehead atoms. The molecule has 4 rings (SSSR count). The third kappa shape index (κ3) is 4.32. The van der Waals surface area contributed by atoms with E-state index in [1.54, 1.807) is 12.5 Å². The molecule has 29 heavy (non-hydrogen) atoms. The van der Waals surface area contributed by atoms with Crippen LogP contribution in [0.4, 0.5) is 4.79 Å². The van der Waals surface area contributed by atoms with Gasteiger partial charge in [0.05, 0.1) is 18.4 Å². The molecule has 2 unspecified atom stereocenters. The van der Waals surface area contributed by atoms with E-state index in [9.17, 15) is 4.79 Å². The summed E-state index contributed by atoms with van der Waals surface area (Å²) in [6.45, 7) is 4.46. The van der Waals surface area contributed by atoms with Gasteiger partial charge in [0.2, 0.25) is 0 Å². The van der Waals surface area contributed by atoms with Crippen molar-refractivity contribution < 1.29 is 4.79 Å². The molecule has 2 aromatic carbocycles. The summed E-state index contributed by atoms with van der Waals surface area (Å²) in [7, 11) is 2.11. The zero-order valence-electron chi connectivity index (χ0n) is 16.9. The highest BCUT2D eigenvalue weighted by Crippen LogP contribution is 2.25. The maximum atomic E-state index is 13.1. The number of rotatable bonds is 4. The predicted octanol–water partition coefficient (Wildman–Crippen LogP) is 3.63. The van der Waals surface area contributed by atoms with Crippen LogP contribution in [-0.2, 0) is 0 Å². The second kappa shape index (κ2) is 8.49. The van der Waals surface area contributed by atoms with Gasteiger partial charge in [0.25, 0.3) is 0 Å². The van der Waals surface area contributed by atoms with Gasteiger partial charge in [-0.3, -0.25) is 0 Å². The average Bonchev–Trinajstić information content (AvgIpc) is 3.29. The summed E-state index contributed by atoms with van der Waals surface area (Å²) < 4.78 is 1.96. The van der Waals surface area contributed by atoms with E-state index in [0.717, 1.165) is 24.3 Å². The lowest BCUT2D eigenvalue weighted by Crippen LogP contribution is -2.52. The van der Waals surface area contributed by atoms with Gasteiger partial charge in [0, 0.05) is 37.7 Å². The van der Waals surface area contributed by atoms with Crippen molar-refractivity contribution in [3.8, 4) is 5.69 Å². The summed E-state index contributed by atoms with van der Waals surface area (Å²) >= 11 is 0. The molecule has 1 N–H and O–H groups in total. The number of nitrogens with one attached hydrogen (secondary N) is 1. The van der Waals surface area contributed by atoms with Crippen molar-refractivity contribution >= 4 is 6.03 Å². The van der Waals surface area contributed by atoms with E-state index in [2.05, 4.69) is 46.5 Å². The monoisotopic (exact) mass is 389 g/mol. The second-order valence-electron chi connectivity index (χ2n) is 7.61. The molecule has 1 aliphatic heterocycles. The van der Waals surface area contributed by atoms with Crippen LogP contribution in [0.15, 0.2) is 73.3 Å². The SMILES string of the molecule is CC(NC(=O)N1CCN(C)CC1c1ccccc1)c1ccc(-n2ccnc2)cc1. The summed E-state index contributed by atoms with van der Waals surface area (Å²) in [4.78, 5) is 21.4. The Bertz CT molecular complexity index is 924. The fraction of sp³-hybridized carbons (Fsp3) is 0.304. The Hall–Kier alpha value is -3.12. The molecule has 2 amide bonds. The van der Waals surface area contributed by atoms with E-state index in [-0.39, 0.29) is 18.1 Å². The molecule has 1 saturated heterocycles. The number of hydrogen-bond acceptors (Lipinski definition) is 3. The highest BCUT2D eigenvalue weighted by Gasteiger charge is 2.30. The minimum atomic E-state index is -0.0737. The van der Waals surface area contributed by atoms with Crippen molar-refractivity contribution in [2.75, 3.05) is 26.7 Å². The Balaban J connectivity index is 1.46. The summed E-state index contributed by atoms with van der Waals surface area (Å²) in [5.41, 5.74) is 3.30. The summed E-state index contributed by atoms with van der Waals surface area (Å²) in [5.74, 6) is 0. The van der Waals surface area contributed by atoms with Crippen molar-refractivity contribution in [2.24, 2.45) is 0 Å². The van der Waals surface area contributed by atoms with Crippen LogP contribution in [0, 0.1) is 0 Å². The molecule has 6 heteroatoms. The van der Waals surface area contributed by atoms with Gasteiger partial charge < -0.3 is 19.7 Å². The molecule has 0 spiro atoms. The van der Waals surface area contributed by atoms with E-state index in [1.165, 1.54) is 5.56 Å².